The Morgan fingerprint density at radius 3 is 2.56 bits per heavy atom. The van der Waals surface area contributed by atoms with E-state index >= 15 is 0 Å². The van der Waals surface area contributed by atoms with E-state index in [4.69, 9.17) is 10.5 Å². The van der Waals surface area contributed by atoms with E-state index in [1.165, 1.54) is 7.11 Å². The monoisotopic (exact) mass is 392 g/mol. The number of hydrogen-bond donors (Lipinski definition) is 3. The SMILES string of the molecule is CCOc1ccc(C(=O)Nc2c(N)nc(S[C@@H](C)C(=O)OC)[nH]c2=O)cc1. The summed E-state index contributed by atoms with van der Waals surface area (Å²) in [6, 6.07) is 6.44. The van der Waals surface area contributed by atoms with E-state index in [-0.39, 0.29) is 16.7 Å². The lowest BCUT2D eigenvalue weighted by molar-refractivity contribution is -0.139. The zero-order chi connectivity index (χ0) is 20.0. The van der Waals surface area contributed by atoms with Crippen molar-refractivity contribution in [2.24, 2.45) is 0 Å². The molecule has 10 heteroatoms. The number of aromatic amines is 1. The van der Waals surface area contributed by atoms with Gasteiger partial charge in [-0.3, -0.25) is 19.4 Å². The number of amides is 1. The molecule has 144 valence electrons. The summed E-state index contributed by atoms with van der Waals surface area (Å²) in [4.78, 5) is 42.5. The smallest absolute Gasteiger partial charge is 0.318 e. The molecular weight excluding hydrogens is 372 g/mol. The molecule has 0 fully saturated rings. The number of methoxy groups -OCH3 is 1. The fourth-order valence-corrected chi connectivity index (χ4v) is 2.91. The molecule has 0 bridgehead atoms. The third kappa shape index (κ3) is 5.23. The zero-order valence-corrected chi connectivity index (χ0v) is 15.9. The van der Waals surface area contributed by atoms with Crippen LogP contribution in [-0.4, -0.2) is 40.8 Å². The van der Waals surface area contributed by atoms with Gasteiger partial charge in [0.05, 0.1) is 13.7 Å². The van der Waals surface area contributed by atoms with Crippen LogP contribution in [0.25, 0.3) is 0 Å². The van der Waals surface area contributed by atoms with Crippen molar-refractivity contribution in [2.45, 2.75) is 24.3 Å². The molecule has 0 radical (unpaired) electrons. The number of aromatic nitrogens is 2. The maximum atomic E-state index is 12.3. The van der Waals surface area contributed by atoms with E-state index in [1.807, 2.05) is 6.92 Å². The number of carbonyl (C=O) groups excluding carboxylic acids is 2. The Morgan fingerprint density at radius 1 is 1.33 bits per heavy atom. The number of esters is 1. The highest BCUT2D eigenvalue weighted by Crippen LogP contribution is 2.22. The van der Waals surface area contributed by atoms with Crippen molar-refractivity contribution in [3.05, 3.63) is 40.2 Å². The lowest BCUT2D eigenvalue weighted by Gasteiger charge is -2.11. The molecule has 9 nitrogen and oxygen atoms in total. The van der Waals surface area contributed by atoms with Crippen molar-refractivity contribution in [3.8, 4) is 5.75 Å². The van der Waals surface area contributed by atoms with Gasteiger partial charge in [0.2, 0.25) is 0 Å². The first-order valence-corrected chi connectivity index (χ1v) is 8.92. The van der Waals surface area contributed by atoms with Crippen LogP contribution in [0.15, 0.2) is 34.2 Å². The minimum absolute atomic E-state index is 0.148. The Balaban J connectivity index is 2.15. The lowest BCUT2D eigenvalue weighted by Crippen LogP contribution is -2.24. The minimum atomic E-state index is -0.624. The Bertz CT molecular complexity index is 882. The molecule has 1 aromatic heterocycles. The van der Waals surface area contributed by atoms with E-state index in [0.717, 1.165) is 11.8 Å². The summed E-state index contributed by atoms with van der Waals surface area (Å²) in [5, 5.41) is 2.01. The van der Waals surface area contributed by atoms with Crippen molar-refractivity contribution < 1.29 is 19.1 Å². The highest BCUT2D eigenvalue weighted by atomic mass is 32.2. The summed E-state index contributed by atoms with van der Waals surface area (Å²) >= 11 is 0.987. The number of nitrogens with zero attached hydrogens (tertiary/aromatic N) is 1. The first kappa shape index (κ1) is 20.3. The Labute approximate surface area is 159 Å². The number of H-pyrrole nitrogens is 1. The second kappa shape index (κ2) is 9.08. The fourth-order valence-electron chi connectivity index (χ4n) is 2.08. The molecular formula is C17H20N4O5S. The molecule has 1 atom stereocenters. The molecule has 2 rings (SSSR count). The molecule has 1 heterocycles. The maximum Gasteiger partial charge on any atom is 0.318 e. The Kier molecular flexibility index (Phi) is 6.83. The van der Waals surface area contributed by atoms with Crippen LogP contribution in [0.2, 0.25) is 0 Å². The molecule has 0 spiro atoms. The number of nitrogen functional groups attached to an aromatic ring is 1. The quantitative estimate of drug-likeness (QED) is 0.368. The number of benzene rings is 1. The highest BCUT2D eigenvalue weighted by molar-refractivity contribution is 8.00. The number of ether oxygens (including phenoxy) is 2. The Morgan fingerprint density at radius 2 is 2.00 bits per heavy atom. The predicted octanol–water partition coefficient (Wildman–Crippen LogP) is 1.66. The summed E-state index contributed by atoms with van der Waals surface area (Å²) in [5.74, 6) is -0.499. The van der Waals surface area contributed by atoms with Crippen molar-refractivity contribution >= 4 is 35.1 Å². The van der Waals surface area contributed by atoms with Crippen LogP contribution >= 0.6 is 11.8 Å². The first-order valence-electron chi connectivity index (χ1n) is 8.04. The summed E-state index contributed by atoms with van der Waals surface area (Å²) in [7, 11) is 1.27. The van der Waals surface area contributed by atoms with Gasteiger partial charge >= 0.3 is 5.97 Å². The van der Waals surface area contributed by atoms with E-state index in [9.17, 15) is 14.4 Å². The minimum Gasteiger partial charge on any atom is -0.494 e. The maximum absolute atomic E-state index is 12.3. The second-order valence-electron chi connectivity index (χ2n) is 5.33. The number of thioether (sulfide) groups is 1. The molecule has 0 aliphatic heterocycles. The topological polar surface area (TPSA) is 136 Å². The van der Waals surface area contributed by atoms with Crippen molar-refractivity contribution in [2.75, 3.05) is 24.8 Å². The number of nitrogens with one attached hydrogen (secondary N) is 2. The van der Waals surface area contributed by atoms with Gasteiger partial charge in [0.25, 0.3) is 11.5 Å². The van der Waals surface area contributed by atoms with E-state index < -0.39 is 22.7 Å². The van der Waals surface area contributed by atoms with Gasteiger partial charge in [0.1, 0.15) is 16.7 Å². The largest absolute Gasteiger partial charge is 0.494 e. The summed E-state index contributed by atoms with van der Waals surface area (Å²) in [6.45, 7) is 3.98. The average molecular weight is 392 g/mol. The van der Waals surface area contributed by atoms with E-state index in [1.54, 1.807) is 31.2 Å². The number of rotatable bonds is 7. The van der Waals surface area contributed by atoms with Crippen LogP contribution in [0.1, 0.15) is 24.2 Å². The van der Waals surface area contributed by atoms with Gasteiger partial charge < -0.3 is 20.5 Å². The molecule has 2 aromatic rings. The molecule has 0 aliphatic carbocycles. The predicted molar refractivity (Wildman–Crippen MR) is 102 cm³/mol. The normalized spacial score (nSPS) is 11.5. The summed E-state index contributed by atoms with van der Waals surface area (Å²) < 4.78 is 9.93. The highest BCUT2D eigenvalue weighted by Gasteiger charge is 2.19. The van der Waals surface area contributed by atoms with Gasteiger partial charge in [-0.05, 0) is 38.1 Å². The van der Waals surface area contributed by atoms with Crippen molar-refractivity contribution in [1.29, 1.82) is 0 Å². The number of carbonyl (C=O) groups is 2. The summed E-state index contributed by atoms with van der Waals surface area (Å²) in [6.07, 6.45) is 0. The number of hydrogen-bond acceptors (Lipinski definition) is 8. The molecule has 1 aromatic carbocycles. The van der Waals surface area contributed by atoms with Gasteiger partial charge in [-0.25, -0.2) is 4.98 Å². The third-order valence-corrected chi connectivity index (χ3v) is 4.38. The van der Waals surface area contributed by atoms with Gasteiger partial charge in [-0.2, -0.15) is 0 Å². The Hall–Kier alpha value is -3.01. The standard InChI is InChI=1S/C17H20N4O5S/c1-4-26-11-7-5-10(6-8-11)14(22)19-12-13(18)20-17(21-15(12)23)27-9(2)16(24)25-3/h5-9H,4H2,1-3H3,(H,19,22)(H3,18,20,21,23)/t9-/m0/s1. The van der Waals surface area contributed by atoms with Gasteiger partial charge in [-0.1, -0.05) is 11.8 Å². The zero-order valence-electron chi connectivity index (χ0n) is 15.1. The third-order valence-electron chi connectivity index (χ3n) is 3.41. The van der Waals surface area contributed by atoms with Gasteiger partial charge in [0, 0.05) is 5.56 Å². The first-order chi connectivity index (χ1) is 12.8. The van der Waals surface area contributed by atoms with Crippen LogP contribution in [0.5, 0.6) is 5.75 Å². The van der Waals surface area contributed by atoms with Crippen LogP contribution in [0.3, 0.4) is 0 Å². The van der Waals surface area contributed by atoms with Crippen LogP contribution in [-0.2, 0) is 9.53 Å². The van der Waals surface area contributed by atoms with Gasteiger partial charge in [0.15, 0.2) is 11.0 Å². The van der Waals surface area contributed by atoms with Gasteiger partial charge in [-0.15, -0.1) is 0 Å². The van der Waals surface area contributed by atoms with Crippen LogP contribution in [0, 0.1) is 0 Å². The number of nitrogens with two attached hydrogens (primary N) is 1. The van der Waals surface area contributed by atoms with Crippen LogP contribution in [0.4, 0.5) is 11.5 Å². The molecule has 1 amide bonds. The fraction of sp³-hybridized carbons (Fsp3) is 0.294. The van der Waals surface area contributed by atoms with E-state index in [0.29, 0.717) is 17.9 Å². The van der Waals surface area contributed by atoms with E-state index in [2.05, 4.69) is 20.0 Å². The molecule has 27 heavy (non-hydrogen) atoms. The summed E-state index contributed by atoms with van der Waals surface area (Å²) in [5.41, 5.74) is 5.34. The second-order valence-corrected chi connectivity index (χ2v) is 6.66. The van der Waals surface area contributed by atoms with Crippen molar-refractivity contribution in [3.63, 3.8) is 0 Å². The average Bonchev–Trinajstić information content (AvgIpc) is 2.64. The molecule has 0 saturated heterocycles. The number of anilines is 2. The molecule has 0 saturated carbocycles. The molecule has 4 N–H and O–H groups in total. The molecule has 0 unspecified atom stereocenters. The van der Waals surface area contributed by atoms with Crippen LogP contribution < -0.4 is 21.3 Å². The van der Waals surface area contributed by atoms with Crippen molar-refractivity contribution in [1.82, 2.24) is 9.97 Å². The molecule has 0 aliphatic rings. The lowest BCUT2D eigenvalue weighted by atomic mass is 10.2.